The van der Waals surface area contributed by atoms with E-state index in [9.17, 15) is 4.79 Å². The first-order chi connectivity index (χ1) is 5.74. The molecule has 0 saturated heterocycles. The molecule has 0 aromatic rings. The third-order valence-electron chi connectivity index (χ3n) is 2.48. The average Bonchev–Trinajstić information content (AvgIpc) is 2.06. The van der Waals surface area contributed by atoms with Crippen LogP contribution in [0.4, 0.5) is 0 Å². The number of carboxylic acid groups (broad SMARTS) is 1. The van der Waals surface area contributed by atoms with Crippen molar-refractivity contribution in [2.24, 2.45) is 11.8 Å². The van der Waals surface area contributed by atoms with Gasteiger partial charge in [0.1, 0.15) is 0 Å². The Morgan fingerprint density at radius 2 is 1.83 bits per heavy atom. The van der Waals surface area contributed by atoms with E-state index in [0.29, 0.717) is 5.92 Å². The van der Waals surface area contributed by atoms with Gasteiger partial charge < -0.3 is 10.2 Å². The molecule has 1 rings (SSSR count). The monoisotopic (exact) mass is 170 g/mol. The number of aliphatic carboxylic acids is 1. The Balaban J connectivity index is 2.34. The van der Waals surface area contributed by atoms with E-state index >= 15 is 0 Å². The molecule has 0 heterocycles. The molecule has 0 bridgehead atoms. The standard InChI is InChI=1S/C9H14O3/c10-6-5-7-1-3-8(4-2-7)9(11)12/h5-8,10H,1-4H2,(H,11,12). The topological polar surface area (TPSA) is 57.5 Å². The zero-order chi connectivity index (χ0) is 8.97. The van der Waals surface area contributed by atoms with Crippen molar-refractivity contribution >= 4 is 5.97 Å². The van der Waals surface area contributed by atoms with Crippen LogP contribution in [0, 0.1) is 11.8 Å². The number of allylic oxidation sites excluding steroid dienone is 1. The predicted molar refractivity (Wildman–Crippen MR) is 44.9 cm³/mol. The molecule has 0 spiro atoms. The van der Waals surface area contributed by atoms with Crippen molar-refractivity contribution < 1.29 is 15.0 Å². The van der Waals surface area contributed by atoms with Crippen molar-refractivity contribution in [2.75, 3.05) is 0 Å². The van der Waals surface area contributed by atoms with Gasteiger partial charge in [0.25, 0.3) is 0 Å². The SMILES string of the molecule is O=C(O)C1CCC(C=CO)CC1. The smallest absolute Gasteiger partial charge is 0.306 e. The van der Waals surface area contributed by atoms with Crippen LogP contribution in [-0.4, -0.2) is 16.2 Å². The Kier molecular flexibility index (Phi) is 3.14. The van der Waals surface area contributed by atoms with Gasteiger partial charge in [0, 0.05) is 0 Å². The van der Waals surface area contributed by atoms with Crippen molar-refractivity contribution in [3.05, 3.63) is 12.3 Å². The molecule has 0 atom stereocenters. The number of aliphatic hydroxyl groups excluding tert-OH is 1. The highest BCUT2D eigenvalue weighted by atomic mass is 16.4. The molecule has 1 saturated carbocycles. The third-order valence-corrected chi connectivity index (χ3v) is 2.48. The Hall–Kier alpha value is -0.990. The van der Waals surface area contributed by atoms with E-state index in [2.05, 4.69) is 0 Å². The van der Waals surface area contributed by atoms with Crippen molar-refractivity contribution in [2.45, 2.75) is 25.7 Å². The molecule has 3 heteroatoms. The molecule has 68 valence electrons. The van der Waals surface area contributed by atoms with Crippen LogP contribution >= 0.6 is 0 Å². The van der Waals surface area contributed by atoms with E-state index in [-0.39, 0.29) is 5.92 Å². The fraction of sp³-hybridized carbons (Fsp3) is 0.667. The molecule has 1 aliphatic carbocycles. The van der Waals surface area contributed by atoms with Crippen LogP contribution in [0.5, 0.6) is 0 Å². The lowest BCUT2D eigenvalue weighted by atomic mass is 9.82. The predicted octanol–water partition coefficient (Wildman–Crippen LogP) is 1.95. The van der Waals surface area contributed by atoms with E-state index in [0.717, 1.165) is 31.9 Å². The molecule has 0 radical (unpaired) electrons. The number of aliphatic hydroxyl groups is 1. The summed E-state index contributed by atoms with van der Waals surface area (Å²) in [5.74, 6) is -0.458. The number of carboxylic acids is 1. The largest absolute Gasteiger partial charge is 0.516 e. The van der Waals surface area contributed by atoms with Gasteiger partial charge in [-0.1, -0.05) is 0 Å². The summed E-state index contributed by atoms with van der Waals surface area (Å²) in [5.41, 5.74) is 0. The second-order valence-electron chi connectivity index (χ2n) is 3.29. The fourth-order valence-electron chi connectivity index (χ4n) is 1.68. The van der Waals surface area contributed by atoms with E-state index < -0.39 is 5.97 Å². The van der Waals surface area contributed by atoms with Crippen LogP contribution in [0.25, 0.3) is 0 Å². The Morgan fingerprint density at radius 1 is 1.25 bits per heavy atom. The first kappa shape index (κ1) is 9.10. The summed E-state index contributed by atoms with van der Waals surface area (Å²) >= 11 is 0. The second-order valence-corrected chi connectivity index (χ2v) is 3.29. The lowest BCUT2D eigenvalue weighted by Crippen LogP contribution is -2.20. The number of rotatable bonds is 2. The van der Waals surface area contributed by atoms with E-state index in [4.69, 9.17) is 10.2 Å². The summed E-state index contributed by atoms with van der Waals surface area (Å²) in [4.78, 5) is 10.6. The first-order valence-corrected chi connectivity index (χ1v) is 4.27. The second kappa shape index (κ2) is 4.14. The molecule has 2 N–H and O–H groups in total. The van der Waals surface area contributed by atoms with Gasteiger partial charge in [-0.05, 0) is 37.7 Å². The maximum atomic E-state index is 10.6. The number of carbonyl (C=O) groups is 1. The molecule has 3 nitrogen and oxygen atoms in total. The molecule has 0 aromatic carbocycles. The van der Waals surface area contributed by atoms with Crippen LogP contribution < -0.4 is 0 Å². The molecule has 0 unspecified atom stereocenters. The minimum absolute atomic E-state index is 0.159. The Morgan fingerprint density at radius 3 is 2.25 bits per heavy atom. The molecule has 0 amide bonds. The molecular weight excluding hydrogens is 156 g/mol. The van der Waals surface area contributed by atoms with Crippen LogP contribution in [0.2, 0.25) is 0 Å². The average molecular weight is 170 g/mol. The number of hydrogen-bond acceptors (Lipinski definition) is 2. The zero-order valence-corrected chi connectivity index (χ0v) is 6.94. The van der Waals surface area contributed by atoms with Crippen molar-refractivity contribution in [3.63, 3.8) is 0 Å². The Labute approximate surface area is 71.7 Å². The molecule has 12 heavy (non-hydrogen) atoms. The summed E-state index contributed by atoms with van der Waals surface area (Å²) in [6.45, 7) is 0. The molecule has 0 aliphatic heterocycles. The van der Waals surface area contributed by atoms with Gasteiger partial charge >= 0.3 is 5.97 Å². The van der Waals surface area contributed by atoms with E-state index in [1.165, 1.54) is 0 Å². The van der Waals surface area contributed by atoms with Crippen molar-refractivity contribution in [3.8, 4) is 0 Å². The highest BCUT2D eigenvalue weighted by Gasteiger charge is 2.24. The van der Waals surface area contributed by atoms with Crippen LogP contribution in [0.1, 0.15) is 25.7 Å². The summed E-state index contributed by atoms with van der Waals surface area (Å²) < 4.78 is 0. The summed E-state index contributed by atoms with van der Waals surface area (Å²) in [7, 11) is 0. The van der Waals surface area contributed by atoms with Gasteiger partial charge in [0.05, 0.1) is 12.2 Å². The molecule has 1 aliphatic rings. The fourth-order valence-corrected chi connectivity index (χ4v) is 1.68. The van der Waals surface area contributed by atoms with Gasteiger partial charge in [-0.25, -0.2) is 0 Å². The molecule has 1 fully saturated rings. The van der Waals surface area contributed by atoms with Gasteiger partial charge in [-0.3, -0.25) is 4.79 Å². The quantitative estimate of drug-likeness (QED) is 0.623. The van der Waals surface area contributed by atoms with Crippen LogP contribution in [0.15, 0.2) is 12.3 Å². The molecular formula is C9H14O3. The Bertz CT molecular complexity index is 178. The maximum Gasteiger partial charge on any atom is 0.306 e. The van der Waals surface area contributed by atoms with E-state index in [1.54, 1.807) is 6.08 Å². The summed E-state index contributed by atoms with van der Waals surface area (Å²) in [6.07, 6.45) is 6.06. The highest BCUT2D eigenvalue weighted by Crippen LogP contribution is 2.29. The summed E-state index contributed by atoms with van der Waals surface area (Å²) in [6, 6.07) is 0. The van der Waals surface area contributed by atoms with Gasteiger partial charge in [0.15, 0.2) is 0 Å². The van der Waals surface area contributed by atoms with Crippen LogP contribution in [0.3, 0.4) is 0 Å². The van der Waals surface area contributed by atoms with Crippen molar-refractivity contribution in [1.29, 1.82) is 0 Å². The van der Waals surface area contributed by atoms with Crippen LogP contribution in [-0.2, 0) is 4.79 Å². The van der Waals surface area contributed by atoms with E-state index in [1.807, 2.05) is 0 Å². The highest BCUT2D eigenvalue weighted by molar-refractivity contribution is 5.70. The lowest BCUT2D eigenvalue weighted by Gasteiger charge is -2.23. The van der Waals surface area contributed by atoms with Gasteiger partial charge in [-0.2, -0.15) is 0 Å². The minimum Gasteiger partial charge on any atom is -0.516 e. The van der Waals surface area contributed by atoms with Gasteiger partial charge in [0.2, 0.25) is 0 Å². The van der Waals surface area contributed by atoms with Crippen molar-refractivity contribution in [1.82, 2.24) is 0 Å². The third kappa shape index (κ3) is 2.26. The summed E-state index contributed by atoms with van der Waals surface area (Å²) in [5, 5.41) is 17.2. The first-order valence-electron chi connectivity index (χ1n) is 4.27. The van der Waals surface area contributed by atoms with Gasteiger partial charge in [-0.15, -0.1) is 0 Å². The lowest BCUT2D eigenvalue weighted by molar-refractivity contribution is -0.142. The molecule has 0 aromatic heterocycles. The maximum absolute atomic E-state index is 10.6. The zero-order valence-electron chi connectivity index (χ0n) is 6.94. The number of hydrogen-bond donors (Lipinski definition) is 2. The minimum atomic E-state index is -0.679. The normalized spacial score (nSPS) is 30.7.